The maximum atomic E-state index is 10.9. The van der Waals surface area contributed by atoms with Crippen molar-refractivity contribution in [1.29, 1.82) is 0 Å². The van der Waals surface area contributed by atoms with E-state index in [9.17, 15) is 4.79 Å². The second-order valence-electron chi connectivity index (χ2n) is 5.57. The van der Waals surface area contributed by atoms with Gasteiger partial charge in [0.1, 0.15) is 0 Å². The minimum atomic E-state index is -0.885. The topological polar surface area (TPSA) is 67.2 Å². The number of hydrogen-bond donors (Lipinski definition) is 2. The molecular weight excluding hydrogens is 266 g/mol. The summed E-state index contributed by atoms with van der Waals surface area (Å²) in [5.41, 5.74) is 2.61. The molecule has 0 aliphatic carbocycles. The Morgan fingerprint density at radius 3 is 2.71 bits per heavy atom. The summed E-state index contributed by atoms with van der Waals surface area (Å²) in [6.45, 7) is 0.951. The molecular formula is C16H19N3O2. The molecule has 1 fully saturated rings. The van der Waals surface area contributed by atoms with Crippen molar-refractivity contribution in [3.8, 4) is 0 Å². The first-order valence-electron chi connectivity index (χ1n) is 7.19. The molecule has 110 valence electrons. The van der Waals surface area contributed by atoms with E-state index < -0.39 is 5.97 Å². The Morgan fingerprint density at radius 2 is 2.10 bits per heavy atom. The van der Waals surface area contributed by atoms with Crippen LogP contribution in [0.5, 0.6) is 0 Å². The fraction of sp³-hybridized carbons (Fsp3) is 0.375. The molecule has 1 unspecified atom stereocenters. The monoisotopic (exact) mass is 285 g/mol. The van der Waals surface area contributed by atoms with Crippen LogP contribution in [-0.2, 0) is 7.05 Å². The number of rotatable bonds is 3. The van der Waals surface area contributed by atoms with E-state index in [0.29, 0.717) is 11.5 Å². The largest absolute Gasteiger partial charge is 0.478 e. The normalized spacial score (nSPS) is 22.1. The van der Waals surface area contributed by atoms with Crippen LogP contribution in [0.25, 0.3) is 0 Å². The first-order valence-corrected chi connectivity index (χ1v) is 7.19. The van der Waals surface area contributed by atoms with Crippen molar-refractivity contribution in [2.75, 3.05) is 6.54 Å². The van der Waals surface area contributed by atoms with Crippen molar-refractivity contribution in [1.82, 2.24) is 15.1 Å². The molecule has 2 aromatic rings. The fourth-order valence-corrected chi connectivity index (χ4v) is 2.95. The maximum Gasteiger partial charge on any atom is 0.335 e. The number of benzene rings is 1. The molecule has 5 heteroatoms. The standard InChI is InChI=1S/C16H19N3O2/c1-19-9-7-14(18-19)13-6-8-17-15(10-13)11-2-4-12(5-3-11)16(20)21/h2-5,7,9,13,15,17H,6,8,10H2,1H3,(H,20,21)/t13?,15-/m0/s1. The number of aryl methyl sites for hydroxylation is 1. The lowest BCUT2D eigenvalue weighted by Gasteiger charge is -2.29. The van der Waals surface area contributed by atoms with Crippen molar-refractivity contribution in [2.24, 2.45) is 7.05 Å². The summed E-state index contributed by atoms with van der Waals surface area (Å²) in [6.07, 6.45) is 4.05. The molecule has 0 bridgehead atoms. The molecule has 1 aromatic heterocycles. The Balaban J connectivity index is 1.75. The third kappa shape index (κ3) is 2.97. The molecule has 3 rings (SSSR count). The highest BCUT2D eigenvalue weighted by atomic mass is 16.4. The Kier molecular flexibility index (Phi) is 3.75. The zero-order valence-electron chi connectivity index (χ0n) is 12.0. The predicted molar refractivity (Wildman–Crippen MR) is 79.3 cm³/mol. The van der Waals surface area contributed by atoms with Crippen molar-refractivity contribution >= 4 is 5.97 Å². The molecule has 0 amide bonds. The average molecular weight is 285 g/mol. The van der Waals surface area contributed by atoms with Gasteiger partial charge in [0.05, 0.1) is 11.3 Å². The first-order chi connectivity index (χ1) is 10.1. The number of aromatic nitrogens is 2. The molecule has 1 aliphatic rings. The second-order valence-corrected chi connectivity index (χ2v) is 5.57. The van der Waals surface area contributed by atoms with Gasteiger partial charge in [-0.1, -0.05) is 12.1 Å². The van der Waals surface area contributed by atoms with Gasteiger partial charge in [0.15, 0.2) is 0 Å². The Labute approximate surface area is 123 Å². The van der Waals surface area contributed by atoms with Crippen LogP contribution in [0.1, 0.15) is 46.4 Å². The van der Waals surface area contributed by atoms with E-state index in [-0.39, 0.29) is 6.04 Å². The lowest BCUT2D eigenvalue weighted by Crippen LogP contribution is -2.31. The van der Waals surface area contributed by atoms with Gasteiger partial charge < -0.3 is 10.4 Å². The van der Waals surface area contributed by atoms with Crippen LogP contribution in [-0.4, -0.2) is 27.4 Å². The summed E-state index contributed by atoms with van der Waals surface area (Å²) in [5, 5.41) is 17.0. The van der Waals surface area contributed by atoms with Gasteiger partial charge >= 0.3 is 5.97 Å². The molecule has 1 saturated heterocycles. The fourth-order valence-electron chi connectivity index (χ4n) is 2.95. The Bertz CT molecular complexity index is 633. The van der Waals surface area contributed by atoms with Gasteiger partial charge in [-0.05, 0) is 43.1 Å². The number of carboxylic acid groups (broad SMARTS) is 1. The van der Waals surface area contributed by atoms with E-state index >= 15 is 0 Å². The van der Waals surface area contributed by atoms with Gasteiger partial charge in [0, 0.05) is 25.2 Å². The van der Waals surface area contributed by atoms with E-state index in [1.165, 1.54) is 0 Å². The number of aromatic carboxylic acids is 1. The second kappa shape index (κ2) is 5.69. The van der Waals surface area contributed by atoms with Crippen LogP contribution < -0.4 is 5.32 Å². The molecule has 1 aromatic carbocycles. The number of nitrogens with zero attached hydrogens (tertiary/aromatic N) is 2. The number of carbonyl (C=O) groups is 1. The van der Waals surface area contributed by atoms with Crippen molar-refractivity contribution in [2.45, 2.75) is 24.8 Å². The molecule has 5 nitrogen and oxygen atoms in total. The van der Waals surface area contributed by atoms with Gasteiger partial charge in [0.2, 0.25) is 0 Å². The molecule has 0 saturated carbocycles. The summed E-state index contributed by atoms with van der Waals surface area (Å²) < 4.78 is 1.84. The van der Waals surface area contributed by atoms with Crippen LogP contribution in [0, 0.1) is 0 Å². The number of carboxylic acids is 1. The van der Waals surface area contributed by atoms with Gasteiger partial charge in [-0.25, -0.2) is 4.79 Å². The van der Waals surface area contributed by atoms with Gasteiger partial charge in [-0.3, -0.25) is 4.68 Å². The molecule has 0 spiro atoms. The Hall–Kier alpha value is -2.14. The summed E-state index contributed by atoms with van der Waals surface area (Å²) in [5.74, 6) is -0.430. The highest BCUT2D eigenvalue weighted by Gasteiger charge is 2.25. The van der Waals surface area contributed by atoms with E-state index in [1.54, 1.807) is 12.1 Å². The van der Waals surface area contributed by atoms with Crippen molar-refractivity contribution in [3.63, 3.8) is 0 Å². The smallest absolute Gasteiger partial charge is 0.335 e. The SMILES string of the molecule is Cn1ccc(C2CCN[C@H](c3ccc(C(=O)O)cc3)C2)n1. The molecule has 2 N–H and O–H groups in total. The first kappa shape index (κ1) is 13.8. The van der Waals surface area contributed by atoms with E-state index in [1.807, 2.05) is 30.1 Å². The van der Waals surface area contributed by atoms with Crippen LogP contribution in [0.4, 0.5) is 0 Å². The van der Waals surface area contributed by atoms with Gasteiger partial charge in [-0.2, -0.15) is 5.10 Å². The lowest BCUT2D eigenvalue weighted by atomic mass is 9.86. The maximum absolute atomic E-state index is 10.9. The quantitative estimate of drug-likeness (QED) is 0.908. The minimum absolute atomic E-state index is 0.258. The summed E-state index contributed by atoms with van der Waals surface area (Å²) >= 11 is 0. The summed E-state index contributed by atoms with van der Waals surface area (Å²) in [4.78, 5) is 10.9. The van der Waals surface area contributed by atoms with Crippen LogP contribution in [0.3, 0.4) is 0 Å². The van der Waals surface area contributed by atoms with Crippen molar-refractivity contribution in [3.05, 3.63) is 53.3 Å². The predicted octanol–water partition coefficient (Wildman–Crippen LogP) is 2.33. The third-order valence-corrected chi connectivity index (χ3v) is 4.12. The zero-order valence-corrected chi connectivity index (χ0v) is 12.0. The summed E-state index contributed by atoms with van der Waals surface area (Å²) in [6, 6.07) is 9.49. The average Bonchev–Trinajstić information content (AvgIpc) is 2.94. The molecule has 1 aliphatic heterocycles. The molecule has 0 radical (unpaired) electrons. The highest BCUT2D eigenvalue weighted by Crippen LogP contribution is 2.33. The van der Waals surface area contributed by atoms with Crippen LogP contribution >= 0.6 is 0 Å². The minimum Gasteiger partial charge on any atom is -0.478 e. The lowest BCUT2D eigenvalue weighted by molar-refractivity contribution is 0.0697. The van der Waals surface area contributed by atoms with E-state index in [2.05, 4.69) is 16.5 Å². The van der Waals surface area contributed by atoms with Crippen LogP contribution in [0.2, 0.25) is 0 Å². The number of hydrogen-bond acceptors (Lipinski definition) is 3. The van der Waals surface area contributed by atoms with Crippen molar-refractivity contribution < 1.29 is 9.90 Å². The number of nitrogens with one attached hydrogen (secondary N) is 1. The number of piperidine rings is 1. The van der Waals surface area contributed by atoms with Crippen LogP contribution in [0.15, 0.2) is 36.5 Å². The summed E-state index contributed by atoms with van der Waals surface area (Å²) in [7, 11) is 1.94. The molecule has 2 heterocycles. The third-order valence-electron chi connectivity index (χ3n) is 4.12. The zero-order chi connectivity index (χ0) is 14.8. The molecule has 2 atom stereocenters. The van der Waals surface area contributed by atoms with E-state index in [0.717, 1.165) is 30.6 Å². The van der Waals surface area contributed by atoms with E-state index in [4.69, 9.17) is 5.11 Å². The van der Waals surface area contributed by atoms with Gasteiger partial charge in [0.25, 0.3) is 0 Å². The molecule has 21 heavy (non-hydrogen) atoms. The Morgan fingerprint density at radius 1 is 1.33 bits per heavy atom. The highest BCUT2D eigenvalue weighted by molar-refractivity contribution is 5.87. The van der Waals surface area contributed by atoms with Gasteiger partial charge in [-0.15, -0.1) is 0 Å².